The molecule has 0 aliphatic carbocycles. The molecule has 0 saturated carbocycles. The van der Waals surface area contributed by atoms with Crippen molar-refractivity contribution in [2.45, 2.75) is 49.8 Å². The summed E-state index contributed by atoms with van der Waals surface area (Å²) in [7, 11) is -3.79. The second-order valence-corrected chi connectivity index (χ2v) is 10.5. The quantitative estimate of drug-likeness (QED) is 0.276. The highest BCUT2D eigenvalue weighted by Crippen LogP contribution is 2.12. The molecular formula is C28H32N2O6S. The van der Waals surface area contributed by atoms with Crippen molar-refractivity contribution in [3.05, 3.63) is 102 Å². The number of ether oxygens (including phenoxy) is 1. The smallest absolute Gasteiger partial charge is 0.323 e. The molecule has 8 nitrogen and oxygen atoms in total. The van der Waals surface area contributed by atoms with E-state index < -0.39 is 34.0 Å². The van der Waals surface area contributed by atoms with E-state index >= 15 is 0 Å². The van der Waals surface area contributed by atoms with E-state index in [1.54, 1.807) is 12.1 Å². The molecule has 0 aliphatic heterocycles. The van der Waals surface area contributed by atoms with Crippen LogP contribution in [0.5, 0.6) is 0 Å². The van der Waals surface area contributed by atoms with E-state index in [-0.39, 0.29) is 24.5 Å². The number of aryl methyl sites for hydroxylation is 2. The van der Waals surface area contributed by atoms with Crippen LogP contribution in [0.25, 0.3) is 0 Å². The van der Waals surface area contributed by atoms with Crippen LogP contribution >= 0.6 is 0 Å². The highest BCUT2D eigenvalue weighted by Gasteiger charge is 2.27. The number of carbonyl (C=O) groups is 2. The van der Waals surface area contributed by atoms with Gasteiger partial charge in [0, 0.05) is 6.54 Å². The Morgan fingerprint density at radius 3 is 2.03 bits per heavy atom. The fraction of sp³-hybridized carbons (Fsp3) is 0.286. The molecule has 0 aliphatic rings. The van der Waals surface area contributed by atoms with Crippen molar-refractivity contribution in [1.82, 2.24) is 10.0 Å². The third-order valence-corrected chi connectivity index (χ3v) is 7.31. The standard InChI is InChI=1S/C28H32N2O6S/c1-21-12-15-24(16-13-21)37(34,35)29-19-18-25(27(31)32)30-26(17-14-22-8-4-2-5-9-22)28(33)36-20-23-10-6-3-7-11-23/h2-13,15-16,25-26,29-30H,14,17-20H2,1H3,(H,31,32)/t25-,26?/m1/s1. The van der Waals surface area contributed by atoms with Crippen LogP contribution < -0.4 is 10.0 Å². The van der Waals surface area contributed by atoms with E-state index in [0.29, 0.717) is 12.8 Å². The molecular weight excluding hydrogens is 492 g/mol. The molecule has 0 fully saturated rings. The summed E-state index contributed by atoms with van der Waals surface area (Å²) in [6.45, 7) is 1.80. The van der Waals surface area contributed by atoms with Crippen molar-refractivity contribution < 1.29 is 27.9 Å². The summed E-state index contributed by atoms with van der Waals surface area (Å²) in [6, 6.07) is 23.1. The third kappa shape index (κ3) is 9.13. The Morgan fingerprint density at radius 2 is 1.43 bits per heavy atom. The SMILES string of the molecule is Cc1ccc(S(=O)(=O)NCC[C@@H](NC(CCc2ccccc2)C(=O)OCc2ccccc2)C(=O)O)cc1. The Labute approximate surface area is 217 Å². The fourth-order valence-electron chi connectivity index (χ4n) is 3.71. The maximum Gasteiger partial charge on any atom is 0.323 e. The number of nitrogens with one attached hydrogen (secondary N) is 2. The van der Waals surface area contributed by atoms with Gasteiger partial charge in [0.25, 0.3) is 0 Å². The average Bonchev–Trinajstić information content (AvgIpc) is 2.90. The van der Waals surface area contributed by atoms with E-state index in [0.717, 1.165) is 16.7 Å². The van der Waals surface area contributed by atoms with Crippen molar-refractivity contribution in [3.8, 4) is 0 Å². The van der Waals surface area contributed by atoms with Gasteiger partial charge in [-0.3, -0.25) is 14.9 Å². The Kier molecular flexibility index (Phi) is 10.4. The lowest BCUT2D eigenvalue weighted by Crippen LogP contribution is -2.49. The van der Waals surface area contributed by atoms with Crippen molar-refractivity contribution in [2.24, 2.45) is 0 Å². The van der Waals surface area contributed by atoms with Crippen molar-refractivity contribution in [3.63, 3.8) is 0 Å². The van der Waals surface area contributed by atoms with Crippen LogP contribution in [0.15, 0.2) is 89.8 Å². The van der Waals surface area contributed by atoms with Gasteiger partial charge in [0.05, 0.1) is 4.90 Å². The number of esters is 1. The van der Waals surface area contributed by atoms with Crippen molar-refractivity contribution in [2.75, 3.05) is 6.54 Å². The third-order valence-electron chi connectivity index (χ3n) is 5.83. The molecule has 0 radical (unpaired) electrons. The number of aliphatic carboxylic acids is 1. The van der Waals surface area contributed by atoms with E-state index in [1.807, 2.05) is 67.6 Å². The zero-order chi connectivity index (χ0) is 26.7. The predicted octanol–water partition coefficient (Wildman–Crippen LogP) is 3.45. The van der Waals surface area contributed by atoms with Gasteiger partial charge in [0.15, 0.2) is 0 Å². The summed E-state index contributed by atoms with van der Waals surface area (Å²) >= 11 is 0. The first kappa shape index (κ1) is 28.0. The van der Waals surface area contributed by atoms with Crippen LogP contribution in [0.4, 0.5) is 0 Å². The molecule has 0 heterocycles. The second-order valence-electron chi connectivity index (χ2n) is 8.73. The Morgan fingerprint density at radius 1 is 0.838 bits per heavy atom. The molecule has 0 amide bonds. The monoisotopic (exact) mass is 524 g/mol. The normalized spacial score (nSPS) is 13.0. The van der Waals surface area contributed by atoms with E-state index in [2.05, 4.69) is 10.0 Å². The number of hydrogen-bond donors (Lipinski definition) is 3. The zero-order valence-electron chi connectivity index (χ0n) is 20.7. The number of carbonyl (C=O) groups excluding carboxylic acids is 1. The van der Waals surface area contributed by atoms with Gasteiger partial charge in [-0.05, 0) is 49.4 Å². The molecule has 3 aromatic rings. The molecule has 9 heteroatoms. The van der Waals surface area contributed by atoms with Crippen LogP contribution in [0.2, 0.25) is 0 Å². The number of hydrogen-bond acceptors (Lipinski definition) is 6. The maximum atomic E-state index is 13.0. The lowest BCUT2D eigenvalue weighted by Gasteiger charge is -2.22. The van der Waals surface area contributed by atoms with E-state index in [1.165, 1.54) is 12.1 Å². The van der Waals surface area contributed by atoms with Crippen LogP contribution in [-0.4, -0.2) is 44.1 Å². The first-order valence-electron chi connectivity index (χ1n) is 12.0. The molecule has 2 atom stereocenters. The van der Waals surface area contributed by atoms with Crippen LogP contribution in [-0.2, 0) is 37.4 Å². The minimum atomic E-state index is -3.79. The Bertz CT molecular complexity index is 1250. The highest BCUT2D eigenvalue weighted by atomic mass is 32.2. The molecule has 0 bridgehead atoms. The number of benzene rings is 3. The van der Waals surface area contributed by atoms with Crippen LogP contribution in [0.1, 0.15) is 29.5 Å². The second kappa shape index (κ2) is 13.7. The van der Waals surface area contributed by atoms with Gasteiger partial charge < -0.3 is 9.84 Å². The molecule has 3 aromatic carbocycles. The fourth-order valence-corrected chi connectivity index (χ4v) is 4.76. The number of sulfonamides is 1. The summed E-state index contributed by atoms with van der Waals surface area (Å²) in [5.74, 6) is -1.75. The van der Waals surface area contributed by atoms with E-state index in [4.69, 9.17) is 4.74 Å². The summed E-state index contributed by atoms with van der Waals surface area (Å²) in [4.78, 5) is 25.0. The Balaban J connectivity index is 1.64. The summed E-state index contributed by atoms with van der Waals surface area (Å²) in [5.41, 5.74) is 2.75. The van der Waals surface area contributed by atoms with Gasteiger partial charge in [-0.2, -0.15) is 0 Å². The van der Waals surface area contributed by atoms with Gasteiger partial charge in [-0.25, -0.2) is 13.1 Å². The molecule has 196 valence electrons. The molecule has 1 unspecified atom stereocenters. The lowest BCUT2D eigenvalue weighted by molar-refractivity contribution is -0.149. The molecule has 3 N–H and O–H groups in total. The lowest BCUT2D eigenvalue weighted by atomic mass is 10.0. The topological polar surface area (TPSA) is 122 Å². The molecule has 37 heavy (non-hydrogen) atoms. The summed E-state index contributed by atoms with van der Waals surface area (Å²) in [5, 5.41) is 12.7. The largest absolute Gasteiger partial charge is 0.480 e. The van der Waals surface area contributed by atoms with E-state index in [9.17, 15) is 23.1 Å². The number of carboxylic acid groups (broad SMARTS) is 1. The van der Waals surface area contributed by atoms with Gasteiger partial charge in [0.2, 0.25) is 10.0 Å². The van der Waals surface area contributed by atoms with Gasteiger partial charge in [0.1, 0.15) is 18.7 Å². The maximum absolute atomic E-state index is 13.0. The van der Waals surface area contributed by atoms with Crippen molar-refractivity contribution in [1.29, 1.82) is 0 Å². The first-order valence-corrected chi connectivity index (χ1v) is 13.5. The van der Waals surface area contributed by atoms with Gasteiger partial charge in [-0.1, -0.05) is 78.4 Å². The molecule has 0 spiro atoms. The van der Waals surface area contributed by atoms with Gasteiger partial charge >= 0.3 is 11.9 Å². The Hall–Kier alpha value is -3.53. The molecule has 3 rings (SSSR count). The minimum Gasteiger partial charge on any atom is -0.480 e. The molecule has 0 saturated heterocycles. The van der Waals surface area contributed by atoms with Crippen molar-refractivity contribution >= 4 is 22.0 Å². The summed E-state index contributed by atoms with van der Waals surface area (Å²) in [6.07, 6.45) is 0.788. The highest BCUT2D eigenvalue weighted by molar-refractivity contribution is 7.89. The summed E-state index contributed by atoms with van der Waals surface area (Å²) < 4.78 is 33.0. The number of carboxylic acids is 1. The van der Waals surface area contributed by atoms with Crippen LogP contribution in [0.3, 0.4) is 0 Å². The number of rotatable bonds is 14. The van der Waals surface area contributed by atoms with Crippen LogP contribution in [0, 0.1) is 6.92 Å². The predicted molar refractivity (Wildman–Crippen MR) is 140 cm³/mol. The minimum absolute atomic E-state index is 0.0613. The first-order chi connectivity index (χ1) is 17.7. The zero-order valence-corrected chi connectivity index (χ0v) is 21.5. The average molecular weight is 525 g/mol. The van der Waals surface area contributed by atoms with Gasteiger partial charge in [-0.15, -0.1) is 0 Å². The molecule has 0 aromatic heterocycles.